The number of carbonyl (C=O) groups is 1. The van der Waals surface area contributed by atoms with Crippen LogP contribution in [0.25, 0.3) is 11.5 Å². The molecule has 0 bridgehead atoms. The number of amides is 1. The van der Waals surface area contributed by atoms with Crippen molar-refractivity contribution in [2.75, 3.05) is 7.05 Å². The summed E-state index contributed by atoms with van der Waals surface area (Å²) < 4.78 is 30.3. The molecule has 2 heterocycles. The van der Waals surface area contributed by atoms with E-state index in [1.54, 1.807) is 24.3 Å². The van der Waals surface area contributed by atoms with Gasteiger partial charge in [0.15, 0.2) is 0 Å². The first kappa shape index (κ1) is 25.5. The van der Waals surface area contributed by atoms with E-state index >= 15 is 0 Å². The van der Waals surface area contributed by atoms with Crippen LogP contribution in [-0.4, -0.2) is 44.3 Å². The third-order valence-corrected chi connectivity index (χ3v) is 5.90. The fraction of sp³-hybridized carbons (Fsp3) is 0.103. The highest BCUT2D eigenvalue weighted by atomic mass is 19.3. The van der Waals surface area contributed by atoms with Gasteiger partial charge in [-0.15, -0.1) is 10.2 Å². The molecule has 0 saturated heterocycles. The second kappa shape index (κ2) is 11.5. The number of hydrogen-bond acceptors (Lipinski definition) is 7. The van der Waals surface area contributed by atoms with Crippen LogP contribution in [0.3, 0.4) is 0 Å². The summed E-state index contributed by atoms with van der Waals surface area (Å²) in [5.41, 5.74) is 3.54. The maximum Gasteiger partial charge on any atom is 0.314 e. The molecule has 0 unspecified atom stereocenters. The van der Waals surface area contributed by atoms with Crippen molar-refractivity contribution >= 4 is 12.1 Å². The van der Waals surface area contributed by atoms with E-state index in [1.807, 2.05) is 60.7 Å². The highest BCUT2D eigenvalue weighted by molar-refractivity contribution is 5.94. The molecular weight excluding hydrogens is 502 g/mol. The molecule has 0 radical (unpaired) electrons. The highest BCUT2D eigenvalue weighted by Crippen LogP contribution is 2.29. The lowest BCUT2D eigenvalue weighted by atomic mass is 9.90. The summed E-state index contributed by atoms with van der Waals surface area (Å²) in [5, 5.41) is 12.3. The van der Waals surface area contributed by atoms with Crippen molar-refractivity contribution in [3.05, 3.63) is 131 Å². The van der Waals surface area contributed by atoms with Crippen molar-refractivity contribution in [1.29, 1.82) is 0 Å². The summed E-state index contributed by atoms with van der Waals surface area (Å²) in [7, 11) is 1.53. The van der Waals surface area contributed by atoms with E-state index in [1.165, 1.54) is 30.7 Å². The Bertz CT molecular complexity index is 1520. The molecule has 2 aromatic heterocycles. The molecule has 0 saturated carbocycles. The minimum Gasteiger partial charge on any atom is -0.415 e. The molecule has 0 spiro atoms. The molecule has 0 aliphatic rings. The third kappa shape index (κ3) is 5.90. The topological polar surface area (TPSA) is 97.4 Å². The predicted octanol–water partition coefficient (Wildman–Crippen LogP) is 5.75. The second-order valence-corrected chi connectivity index (χ2v) is 8.53. The SMILES string of the molecule is CN(/N=C/c1ccc(-c2nnc(C(F)F)o2)cc1)C(=O)c1cnc(C(c2ccccc2)c2ccccc2)nc1. The van der Waals surface area contributed by atoms with Crippen LogP contribution >= 0.6 is 0 Å². The zero-order valence-electron chi connectivity index (χ0n) is 20.7. The van der Waals surface area contributed by atoms with Crippen LogP contribution in [0.1, 0.15) is 51.1 Å². The quantitative estimate of drug-likeness (QED) is 0.189. The first-order chi connectivity index (χ1) is 19.0. The molecular formula is C29H22F2N6O2. The van der Waals surface area contributed by atoms with Gasteiger partial charge in [-0.05, 0) is 28.8 Å². The smallest absolute Gasteiger partial charge is 0.314 e. The summed E-state index contributed by atoms with van der Waals surface area (Å²) in [5.74, 6) is -0.716. The van der Waals surface area contributed by atoms with Gasteiger partial charge in [0, 0.05) is 25.0 Å². The van der Waals surface area contributed by atoms with Gasteiger partial charge in [0.05, 0.1) is 17.7 Å². The summed E-state index contributed by atoms with van der Waals surface area (Å²) in [4.78, 5) is 22.0. The van der Waals surface area contributed by atoms with Gasteiger partial charge in [-0.25, -0.2) is 15.0 Å². The Morgan fingerprint density at radius 3 is 2.00 bits per heavy atom. The molecule has 3 aromatic carbocycles. The number of hydrazone groups is 1. The first-order valence-electron chi connectivity index (χ1n) is 12.0. The van der Waals surface area contributed by atoms with Gasteiger partial charge in [0.1, 0.15) is 5.82 Å². The van der Waals surface area contributed by atoms with Crippen LogP contribution in [0, 0.1) is 0 Å². The normalized spacial score (nSPS) is 11.4. The number of hydrogen-bond donors (Lipinski definition) is 0. The van der Waals surface area contributed by atoms with E-state index in [2.05, 4.69) is 25.3 Å². The van der Waals surface area contributed by atoms with Crippen molar-refractivity contribution in [3.63, 3.8) is 0 Å². The Morgan fingerprint density at radius 1 is 0.872 bits per heavy atom. The van der Waals surface area contributed by atoms with Crippen LogP contribution in [0.2, 0.25) is 0 Å². The largest absolute Gasteiger partial charge is 0.415 e. The van der Waals surface area contributed by atoms with E-state index in [-0.39, 0.29) is 17.7 Å². The number of alkyl halides is 2. The summed E-state index contributed by atoms with van der Waals surface area (Å²) in [6, 6.07) is 26.5. The molecule has 0 aliphatic carbocycles. The van der Waals surface area contributed by atoms with E-state index in [4.69, 9.17) is 4.42 Å². The van der Waals surface area contributed by atoms with Gasteiger partial charge in [-0.2, -0.15) is 13.9 Å². The predicted molar refractivity (Wildman–Crippen MR) is 140 cm³/mol. The highest BCUT2D eigenvalue weighted by Gasteiger charge is 2.21. The molecule has 0 fully saturated rings. The minimum absolute atomic E-state index is 0.00806. The van der Waals surface area contributed by atoms with Gasteiger partial charge in [-0.1, -0.05) is 72.8 Å². The maximum atomic E-state index is 12.9. The number of rotatable bonds is 8. The van der Waals surface area contributed by atoms with Crippen LogP contribution in [-0.2, 0) is 0 Å². The Kier molecular flexibility index (Phi) is 7.53. The van der Waals surface area contributed by atoms with Crippen LogP contribution in [0.4, 0.5) is 8.78 Å². The monoisotopic (exact) mass is 524 g/mol. The summed E-state index contributed by atoms with van der Waals surface area (Å²) >= 11 is 0. The average molecular weight is 525 g/mol. The first-order valence-corrected chi connectivity index (χ1v) is 12.0. The van der Waals surface area contributed by atoms with Gasteiger partial charge in [0.2, 0.25) is 5.89 Å². The lowest BCUT2D eigenvalue weighted by molar-refractivity contribution is 0.0799. The van der Waals surface area contributed by atoms with Crippen molar-refractivity contribution in [1.82, 2.24) is 25.2 Å². The molecule has 39 heavy (non-hydrogen) atoms. The van der Waals surface area contributed by atoms with E-state index in [0.717, 1.165) is 11.1 Å². The van der Waals surface area contributed by atoms with Crippen molar-refractivity contribution in [2.45, 2.75) is 12.3 Å². The molecule has 8 nitrogen and oxygen atoms in total. The van der Waals surface area contributed by atoms with E-state index < -0.39 is 12.3 Å². The average Bonchev–Trinajstić information content (AvgIpc) is 3.49. The number of aromatic nitrogens is 4. The van der Waals surface area contributed by atoms with E-state index in [0.29, 0.717) is 22.5 Å². The van der Waals surface area contributed by atoms with Crippen molar-refractivity contribution in [3.8, 4) is 11.5 Å². The lowest BCUT2D eigenvalue weighted by Crippen LogP contribution is -2.22. The Morgan fingerprint density at radius 2 is 1.46 bits per heavy atom. The standard InChI is InChI=1S/C29H22F2N6O2/c1-37(34-16-19-12-14-22(15-13-19)27-35-36-28(39-27)25(30)31)29(38)23-17-32-26(33-18-23)24(20-8-4-2-5-9-20)21-10-6-3-7-11-21/h2-18,24-25H,1H3/b34-16+. The fourth-order valence-electron chi connectivity index (χ4n) is 3.92. The fourth-order valence-corrected chi connectivity index (χ4v) is 3.92. The second-order valence-electron chi connectivity index (χ2n) is 8.53. The molecule has 1 amide bonds. The molecule has 10 heteroatoms. The van der Waals surface area contributed by atoms with Crippen LogP contribution in [0.15, 0.2) is 107 Å². The van der Waals surface area contributed by atoms with Crippen LogP contribution < -0.4 is 0 Å². The lowest BCUT2D eigenvalue weighted by Gasteiger charge is -2.17. The molecule has 5 rings (SSSR count). The van der Waals surface area contributed by atoms with Gasteiger partial charge in [-0.3, -0.25) is 4.79 Å². The minimum atomic E-state index is -2.83. The zero-order valence-corrected chi connectivity index (χ0v) is 20.7. The van der Waals surface area contributed by atoms with Crippen molar-refractivity contribution < 1.29 is 18.0 Å². The molecule has 5 aromatic rings. The molecule has 194 valence electrons. The Balaban J connectivity index is 1.28. The number of carbonyl (C=O) groups excluding carboxylic acids is 1. The molecule has 0 atom stereocenters. The van der Waals surface area contributed by atoms with E-state index in [9.17, 15) is 13.6 Å². The van der Waals surface area contributed by atoms with Crippen molar-refractivity contribution in [2.24, 2.45) is 5.10 Å². The summed E-state index contributed by atoms with van der Waals surface area (Å²) in [6.45, 7) is 0. The molecule has 0 aliphatic heterocycles. The summed E-state index contributed by atoms with van der Waals surface area (Å²) in [6.07, 6.45) is 1.67. The zero-order chi connectivity index (χ0) is 27.2. The molecule has 0 N–H and O–H groups in total. The van der Waals surface area contributed by atoms with Gasteiger partial charge in [0.25, 0.3) is 11.8 Å². The number of benzene rings is 3. The number of nitrogens with zero attached hydrogens (tertiary/aromatic N) is 6. The number of halogens is 2. The third-order valence-electron chi connectivity index (χ3n) is 5.90. The maximum absolute atomic E-state index is 12.9. The van der Waals surface area contributed by atoms with Gasteiger partial charge >= 0.3 is 6.43 Å². The van der Waals surface area contributed by atoms with Gasteiger partial charge < -0.3 is 4.42 Å². The Hall–Kier alpha value is -5.12. The van der Waals surface area contributed by atoms with Crippen LogP contribution in [0.5, 0.6) is 0 Å². The Labute approximate surface area is 222 Å².